The van der Waals surface area contributed by atoms with Crippen molar-refractivity contribution in [3.05, 3.63) is 54.1 Å². The zero-order chi connectivity index (χ0) is 35.7. The van der Waals surface area contributed by atoms with Gasteiger partial charge in [-0.1, -0.05) is 0 Å². The third-order valence-electron chi connectivity index (χ3n) is 6.66. The Morgan fingerprint density at radius 2 is 1.20 bits per heavy atom. The van der Waals surface area contributed by atoms with Gasteiger partial charge < -0.3 is 58.6 Å². The summed E-state index contributed by atoms with van der Waals surface area (Å²) in [6, 6.07) is 0. The number of hydrogen-bond donors (Lipinski definition) is 9. The first-order chi connectivity index (χ1) is 22.4. The van der Waals surface area contributed by atoms with Gasteiger partial charge in [0.2, 0.25) is 11.5 Å². The summed E-state index contributed by atoms with van der Waals surface area (Å²) in [4.78, 5) is 81.2. The molecular weight excluding hydrogens is 736 g/mol. The third-order valence-corrected chi connectivity index (χ3v) is 10.5. The number of rotatable bonds is 14. The first kappa shape index (κ1) is 40.8. The normalized spacial score (nSPS) is 29.8. The summed E-state index contributed by atoms with van der Waals surface area (Å²) < 4.78 is 63.8. The Morgan fingerprint density at radius 3 is 1.63 bits per heavy atom. The lowest BCUT2D eigenvalue weighted by Crippen LogP contribution is -2.38. The molecule has 0 bridgehead atoms. The number of phosphoric ester groups is 1. The van der Waals surface area contributed by atoms with E-state index in [1.165, 1.54) is 0 Å². The molecule has 4 rings (SSSR count). The van der Waals surface area contributed by atoms with Gasteiger partial charge in [-0.05, 0) is 0 Å². The fourth-order valence-electron chi connectivity index (χ4n) is 4.38. The van der Waals surface area contributed by atoms with E-state index in [2.05, 4.69) is 13.1 Å². The Hall–Kier alpha value is -2.61. The molecule has 2 saturated heterocycles. The van der Waals surface area contributed by atoms with E-state index in [9.17, 15) is 63.4 Å². The zero-order valence-corrected chi connectivity index (χ0v) is 27.5. The maximum atomic E-state index is 12.3. The Labute approximate surface area is 274 Å². The van der Waals surface area contributed by atoms with Crippen molar-refractivity contribution < 1.29 is 80.9 Å². The number of phosphoric acid groups is 2. The topological polar surface area (TPSA) is 359 Å². The predicted octanol–water partition coefficient (Wildman–Crippen LogP) is -4.55. The molecule has 2 aromatic heterocycles. The molecule has 3 radical (unpaired) electrons. The van der Waals surface area contributed by atoms with Crippen molar-refractivity contribution in [1.29, 1.82) is 0 Å². The average Bonchev–Trinajstić information content (AvgIpc) is 3.43. The molecule has 49 heavy (non-hydrogen) atoms. The summed E-state index contributed by atoms with van der Waals surface area (Å²) >= 11 is 0. The molecule has 29 heteroatoms. The lowest BCUT2D eigenvalue weighted by Gasteiger charge is -2.21. The minimum absolute atomic E-state index is 0. The molecule has 273 valence electrons. The van der Waals surface area contributed by atoms with Gasteiger partial charge in [-0.15, -0.1) is 0 Å². The molecule has 2 fully saturated rings. The van der Waals surface area contributed by atoms with Gasteiger partial charge in [0, 0.05) is 8.41 Å². The van der Waals surface area contributed by atoms with Crippen molar-refractivity contribution >= 4 is 32.7 Å². The van der Waals surface area contributed by atoms with Gasteiger partial charge in [-0.25, -0.2) is 23.0 Å². The van der Waals surface area contributed by atoms with Crippen LogP contribution < -0.4 is 32.0 Å². The summed E-state index contributed by atoms with van der Waals surface area (Å²) in [6.07, 6.45) is -11.9. The van der Waals surface area contributed by atoms with Gasteiger partial charge in [0.05, 0.1) is 39.8 Å². The van der Waals surface area contributed by atoms with E-state index in [-0.39, 0.29) is 19.9 Å². The highest BCUT2D eigenvalue weighted by Crippen LogP contribution is 2.65. The number of H-pyrrole nitrogens is 2. The van der Waals surface area contributed by atoms with Gasteiger partial charge in [0.1, 0.15) is 36.6 Å². The molecule has 11 atom stereocenters. The first-order valence-electron chi connectivity index (χ1n) is 13.0. The number of aromatic amines is 2. The molecule has 0 spiro atoms. The van der Waals surface area contributed by atoms with Crippen LogP contribution in [0, 0.1) is 0 Å². The molecule has 25 nitrogen and oxygen atoms in total. The fraction of sp³-hybridized carbons (Fsp3) is 0.600. The summed E-state index contributed by atoms with van der Waals surface area (Å²) in [7, 11) is -12.5. The van der Waals surface area contributed by atoms with Crippen LogP contribution in [-0.2, 0) is 36.3 Å². The number of aromatic nitrogens is 4. The van der Waals surface area contributed by atoms with Crippen molar-refractivity contribution in [2.24, 2.45) is 0 Å². The molecule has 2 aliphatic rings. The third kappa shape index (κ3) is 9.39. The van der Waals surface area contributed by atoms with Gasteiger partial charge in [-0.3, -0.25) is 33.2 Å². The van der Waals surface area contributed by atoms with Crippen LogP contribution in [0.5, 0.6) is 11.5 Å². The zero-order valence-electron chi connectivity index (χ0n) is 24.8. The van der Waals surface area contributed by atoms with E-state index in [0.29, 0.717) is 9.13 Å². The lowest BCUT2D eigenvalue weighted by atomic mass is 10.1. The minimum atomic E-state index is -5.68. The van der Waals surface area contributed by atoms with Gasteiger partial charge in [-0.2, -0.15) is 4.31 Å². The molecule has 0 amide bonds. The highest BCUT2D eigenvalue weighted by molar-refractivity contribution is 7.65. The number of ether oxygens (including phenoxy) is 4. The van der Waals surface area contributed by atoms with Crippen LogP contribution in [-0.4, -0.2) is 127 Å². The van der Waals surface area contributed by atoms with E-state index >= 15 is 0 Å². The second kappa shape index (κ2) is 16.2. The number of nitrogens with zero attached hydrogens (tertiary/aromatic N) is 2. The van der Waals surface area contributed by atoms with Gasteiger partial charge in [0.25, 0.3) is 11.1 Å². The van der Waals surface area contributed by atoms with Gasteiger partial charge >= 0.3 is 35.6 Å². The van der Waals surface area contributed by atoms with Crippen LogP contribution in [0.15, 0.2) is 31.6 Å². The monoisotopic (exact) mass is 765 g/mol. The van der Waals surface area contributed by atoms with Crippen LogP contribution in [0.3, 0.4) is 0 Å². The molecule has 0 aromatic carbocycles. The van der Waals surface area contributed by atoms with Crippen molar-refractivity contribution in [1.82, 2.24) is 19.1 Å². The second-order valence-corrected chi connectivity index (χ2v) is 13.9. The Balaban J connectivity index is 0.00000650. The number of nitrogens with one attached hydrogen (secondary N) is 2. The highest BCUT2D eigenvalue weighted by atomic mass is 31.3. The maximum Gasteiger partial charge on any atom is 0.487 e. The SMILES string of the molecule is COc1cn([C@@H]2O[C@H](CO[P@](O)OP(=O)(O)OP(=O)(O)OC[C@H]3O[C@@H](n4cc(OC)c(=O)[nH]c4=O)[C@H](O)[C@@H]3O)[C@@H](O)[C@H]2O)c(=O)[nH]c1=O.[B]. The number of methoxy groups -OCH3 is 2. The number of hydrogen-bond acceptors (Lipinski definition) is 19. The molecule has 9 N–H and O–H groups in total. The molecule has 0 saturated carbocycles. The van der Waals surface area contributed by atoms with Gasteiger partial charge in [0.15, 0.2) is 12.5 Å². The van der Waals surface area contributed by atoms with Crippen LogP contribution in [0.1, 0.15) is 12.5 Å². The summed E-state index contributed by atoms with van der Waals surface area (Å²) in [5.41, 5.74) is -3.92. The van der Waals surface area contributed by atoms with E-state index in [1.54, 1.807) is 0 Å². The second-order valence-electron chi connectivity index (χ2n) is 9.75. The quantitative estimate of drug-likeness (QED) is 0.0646. The first-order valence-corrected chi connectivity index (χ1v) is 17.1. The number of aliphatic hydroxyl groups excluding tert-OH is 4. The Morgan fingerprint density at radius 1 is 0.776 bits per heavy atom. The standard InChI is InChI=1S/C20H29N4O21P3.B/c1-38-7-3-23(19(31)21-15(7)29)17-13(27)11(25)9(42-17)5-40-46(33)44-48(36,37)45-47(34,35)41-6-10-12(26)14(28)18(43-10)24-4-8(39-2)16(30)22-20(24)32;/h3-4,9-14,17-18,25-28,33H,5-6H2,1-2H3,(H,34,35)(H,36,37)(H,21,29,31)(H,22,30,32);/t9-,10-,11-,12-,13-,14-,17-,18-,46+;/m1./s1. The largest absolute Gasteiger partial charge is 0.490 e. The highest BCUT2D eigenvalue weighted by Gasteiger charge is 2.47. The summed E-state index contributed by atoms with van der Waals surface area (Å²) in [6.45, 7) is -1.95. The lowest BCUT2D eigenvalue weighted by molar-refractivity contribution is -0.0546. The fourth-order valence-corrected chi connectivity index (χ4v) is 7.51. The predicted molar refractivity (Wildman–Crippen MR) is 156 cm³/mol. The van der Waals surface area contributed by atoms with Crippen molar-refractivity contribution in [2.75, 3.05) is 27.4 Å². The van der Waals surface area contributed by atoms with Crippen LogP contribution in [0.25, 0.3) is 0 Å². The Bertz CT molecular complexity index is 1800. The van der Waals surface area contributed by atoms with Crippen molar-refractivity contribution in [2.45, 2.75) is 49.1 Å². The smallest absolute Gasteiger partial charge is 0.487 e. The molecule has 0 aliphatic carbocycles. The minimum Gasteiger partial charge on any atom is -0.490 e. The van der Waals surface area contributed by atoms with E-state index in [1.807, 2.05) is 9.97 Å². The van der Waals surface area contributed by atoms with Crippen molar-refractivity contribution in [3.8, 4) is 11.5 Å². The van der Waals surface area contributed by atoms with Crippen LogP contribution in [0.4, 0.5) is 0 Å². The average molecular weight is 765 g/mol. The maximum absolute atomic E-state index is 12.3. The number of aliphatic hydroxyl groups is 4. The van der Waals surface area contributed by atoms with E-state index in [4.69, 9.17) is 23.5 Å². The van der Waals surface area contributed by atoms with Crippen molar-refractivity contribution in [3.63, 3.8) is 0 Å². The molecule has 2 unspecified atom stereocenters. The molecular formula is C20H29BN4O21P3. The molecule has 4 heterocycles. The summed E-state index contributed by atoms with van der Waals surface area (Å²) in [5, 5.41) is 41.2. The molecule has 2 aromatic rings. The van der Waals surface area contributed by atoms with E-state index < -0.39 is 109 Å². The van der Waals surface area contributed by atoms with Crippen LogP contribution in [0.2, 0.25) is 0 Å². The van der Waals surface area contributed by atoms with E-state index in [0.717, 1.165) is 26.6 Å². The Kier molecular flexibility index (Phi) is 13.5. The molecule has 2 aliphatic heterocycles. The van der Waals surface area contributed by atoms with Crippen LogP contribution >= 0.6 is 24.2 Å². The summed E-state index contributed by atoms with van der Waals surface area (Å²) in [5.74, 6) is -0.704.